The summed E-state index contributed by atoms with van der Waals surface area (Å²) >= 11 is 0. The van der Waals surface area contributed by atoms with Crippen molar-refractivity contribution >= 4 is 5.97 Å². The zero-order valence-electron chi connectivity index (χ0n) is 15.1. The number of ether oxygens (including phenoxy) is 1. The fourth-order valence-electron chi connectivity index (χ4n) is 3.56. The van der Waals surface area contributed by atoms with Crippen LogP contribution in [0.25, 0.3) is 0 Å². The lowest BCUT2D eigenvalue weighted by molar-refractivity contribution is -0.256. The summed E-state index contributed by atoms with van der Waals surface area (Å²) in [5.74, 6) is -1.80. The molecule has 23 heavy (non-hydrogen) atoms. The van der Waals surface area contributed by atoms with Gasteiger partial charge in [0.15, 0.2) is 5.41 Å². The Hall–Kier alpha value is -0.740. The molecule has 5 heteroatoms. The fourth-order valence-corrected chi connectivity index (χ4v) is 3.56. The Bertz CT molecular complexity index is 396. The molecule has 1 atom stereocenters. The monoisotopic (exact) mass is 336 g/mol. The highest BCUT2D eigenvalue weighted by Crippen LogP contribution is 2.51. The molecule has 1 aliphatic carbocycles. The van der Waals surface area contributed by atoms with Crippen molar-refractivity contribution in [3.05, 3.63) is 0 Å². The predicted octanol–water partition coefficient (Wildman–Crippen LogP) is 5.89. The molecule has 136 valence electrons. The summed E-state index contributed by atoms with van der Waals surface area (Å²) in [5, 5.41) is 0. The van der Waals surface area contributed by atoms with Crippen LogP contribution in [0.3, 0.4) is 0 Å². The van der Waals surface area contributed by atoms with E-state index >= 15 is 0 Å². The zero-order chi connectivity index (χ0) is 17.9. The van der Waals surface area contributed by atoms with E-state index in [1.165, 1.54) is 13.8 Å². The normalized spacial score (nSPS) is 20.8. The van der Waals surface area contributed by atoms with Gasteiger partial charge in [-0.3, -0.25) is 4.79 Å². The molecule has 0 amide bonds. The van der Waals surface area contributed by atoms with Gasteiger partial charge in [-0.2, -0.15) is 13.2 Å². The van der Waals surface area contributed by atoms with Crippen LogP contribution in [-0.2, 0) is 9.53 Å². The van der Waals surface area contributed by atoms with E-state index in [1.54, 1.807) is 0 Å². The minimum atomic E-state index is -4.60. The van der Waals surface area contributed by atoms with Gasteiger partial charge in [0.25, 0.3) is 0 Å². The fraction of sp³-hybridized carbons (Fsp3) is 0.944. The molecule has 1 rings (SSSR count). The van der Waals surface area contributed by atoms with Gasteiger partial charge in [-0.15, -0.1) is 0 Å². The number of esters is 1. The highest BCUT2D eigenvalue weighted by Gasteiger charge is 2.63. The van der Waals surface area contributed by atoms with Gasteiger partial charge in [-0.25, -0.2) is 0 Å². The Morgan fingerprint density at radius 3 is 2.00 bits per heavy atom. The van der Waals surface area contributed by atoms with Crippen molar-refractivity contribution in [2.24, 2.45) is 17.3 Å². The van der Waals surface area contributed by atoms with Gasteiger partial charge < -0.3 is 4.74 Å². The van der Waals surface area contributed by atoms with Crippen molar-refractivity contribution in [3.63, 3.8) is 0 Å². The summed E-state index contributed by atoms with van der Waals surface area (Å²) < 4.78 is 47.4. The van der Waals surface area contributed by atoms with Gasteiger partial charge in [-0.05, 0) is 56.8 Å². The Balaban J connectivity index is 3.13. The van der Waals surface area contributed by atoms with Crippen LogP contribution in [0.15, 0.2) is 0 Å². The van der Waals surface area contributed by atoms with E-state index in [-0.39, 0.29) is 12.3 Å². The lowest BCUT2D eigenvalue weighted by atomic mass is 9.71. The molecule has 0 aromatic rings. The lowest BCUT2D eigenvalue weighted by Crippen LogP contribution is -2.52. The molecule has 0 saturated heterocycles. The quantitative estimate of drug-likeness (QED) is 0.542. The molecule has 0 aromatic carbocycles. The SMILES string of the molecule is CCC1(OC(=O)C(CCC(C)C)(C(C)C)C(F)(F)F)CCCC1. The minimum Gasteiger partial charge on any atom is -0.458 e. The second-order valence-corrected chi connectivity index (χ2v) is 7.69. The maximum Gasteiger partial charge on any atom is 0.405 e. The second kappa shape index (κ2) is 7.43. The third kappa shape index (κ3) is 4.21. The molecular weight excluding hydrogens is 305 g/mol. The van der Waals surface area contributed by atoms with E-state index in [0.29, 0.717) is 25.7 Å². The number of carbonyl (C=O) groups is 1. The summed E-state index contributed by atoms with van der Waals surface area (Å²) in [7, 11) is 0. The van der Waals surface area contributed by atoms with E-state index in [0.717, 1.165) is 12.8 Å². The highest BCUT2D eigenvalue weighted by atomic mass is 19.4. The molecule has 1 aliphatic rings. The number of halogens is 3. The first-order valence-corrected chi connectivity index (χ1v) is 8.81. The molecule has 1 fully saturated rings. The van der Waals surface area contributed by atoms with Crippen molar-refractivity contribution in [2.75, 3.05) is 0 Å². The molecular formula is C18H31F3O2. The van der Waals surface area contributed by atoms with Gasteiger partial charge in [0.05, 0.1) is 0 Å². The van der Waals surface area contributed by atoms with Crippen molar-refractivity contribution in [3.8, 4) is 0 Å². The van der Waals surface area contributed by atoms with Crippen LogP contribution in [0.2, 0.25) is 0 Å². The lowest BCUT2D eigenvalue weighted by Gasteiger charge is -2.40. The van der Waals surface area contributed by atoms with Gasteiger partial charge >= 0.3 is 12.1 Å². The summed E-state index contributed by atoms with van der Waals surface area (Å²) in [6.07, 6.45) is -0.704. The maximum atomic E-state index is 13.9. The van der Waals surface area contributed by atoms with Crippen molar-refractivity contribution < 1.29 is 22.7 Å². The molecule has 0 aromatic heterocycles. The van der Waals surface area contributed by atoms with E-state index in [2.05, 4.69) is 0 Å². The first-order chi connectivity index (χ1) is 10.5. The molecule has 0 radical (unpaired) electrons. The van der Waals surface area contributed by atoms with Crippen LogP contribution in [-0.4, -0.2) is 17.7 Å². The summed E-state index contributed by atoms with van der Waals surface area (Å²) in [6.45, 7) is 8.58. The first kappa shape index (κ1) is 20.3. The third-order valence-electron chi connectivity index (χ3n) is 5.44. The topological polar surface area (TPSA) is 26.3 Å². The standard InChI is InChI=1S/C18H31F3O2/c1-6-16(10-7-8-11-16)23-15(22)17(14(4)5,18(19,20)21)12-9-13(2)3/h13-14H,6-12H2,1-5H3. The number of hydrogen-bond acceptors (Lipinski definition) is 2. The number of hydrogen-bond donors (Lipinski definition) is 0. The van der Waals surface area contributed by atoms with Crippen LogP contribution >= 0.6 is 0 Å². The van der Waals surface area contributed by atoms with Gasteiger partial charge in [0.1, 0.15) is 5.60 Å². The van der Waals surface area contributed by atoms with E-state index in [4.69, 9.17) is 4.74 Å². The van der Waals surface area contributed by atoms with Crippen LogP contribution in [0.5, 0.6) is 0 Å². The van der Waals surface area contributed by atoms with Crippen molar-refractivity contribution in [2.45, 2.75) is 91.3 Å². The van der Waals surface area contributed by atoms with Gasteiger partial charge in [0, 0.05) is 0 Å². The Morgan fingerprint density at radius 1 is 1.13 bits per heavy atom. The number of carbonyl (C=O) groups excluding carboxylic acids is 1. The van der Waals surface area contributed by atoms with Crippen LogP contribution in [0, 0.1) is 17.3 Å². The Morgan fingerprint density at radius 2 is 1.65 bits per heavy atom. The molecule has 0 bridgehead atoms. The van der Waals surface area contributed by atoms with Gasteiger partial charge in [-0.1, -0.05) is 34.6 Å². The van der Waals surface area contributed by atoms with Crippen LogP contribution < -0.4 is 0 Å². The number of alkyl halides is 3. The molecule has 1 unspecified atom stereocenters. The number of rotatable bonds is 7. The molecule has 1 saturated carbocycles. The van der Waals surface area contributed by atoms with Gasteiger partial charge in [0.2, 0.25) is 0 Å². The second-order valence-electron chi connectivity index (χ2n) is 7.69. The van der Waals surface area contributed by atoms with E-state index in [1.807, 2.05) is 20.8 Å². The summed E-state index contributed by atoms with van der Waals surface area (Å²) in [5.41, 5.74) is -3.09. The van der Waals surface area contributed by atoms with Crippen LogP contribution in [0.4, 0.5) is 13.2 Å². The highest BCUT2D eigenvalue weighted by molar-refractivity contribution is 5.78. The predicted molar refractivity (Wildman–Crippen MR) is 85.0 cm³/mol. The molecule has 0 heterocycles. The largest absolute Gasteiger partial charge is 0.458 e. The molecule has 0 spiro atoms. The van der Waals surface area contributed by atoms with E-state index in [9.17, 15) is 18.0 Å². The van der Waals surface area contributed by atoms with Crippen molar-refractivity contribution in [1.29, 1.82) is 0 Å². The minimum absolute atomic E-state index is 0.106. The average molecular weight is 336 g/mol. The third-order valence-corrected chi connectivity index (χ3v) is 5.44. The molecule has 2 nitrogen and oxygen atoms in total. The molecule has 0 aliphatic heterocycles. The summed E-state index contributed by atoms with van der Waals surface area (Å²) in [4.78, 5) is 12.7. The summed E-state index contributed by atoms with van der Waals surface area (Å²) in [6, 6.07) is 0. The first-order valence-electron chi connectivity index (χ1n) is 8.81. The van der Waals surface area contributed by atoms with E-state index < -0.39 is 29.1 Å². The van der Waals surface area contributed by atoms with Crippen molar-refractivity contribution in [1.82, 2.24) is 0 Å². The Kier molecular flexibility index (Phi) is 6.56. The Labute approximate surface area is 138 Å². The molecule has 0 N–H and O–H groups in total. The average Bonchev–Trinajstić information content (AvgIpc) is 2.86. The maximum absolute atomic E-state index is 13.9. The van der Waals surface area contributed by atoms with Crippen LogP contribution in [0.1, 0.15) is 79.6 Å². The zero-order valence-corrected chi connectivity index (χ0v) is 15.1. The smallest absolute Gasteiger partial charge is 0.405 e.